The van der Waals surface area contributed by atoms with Gasteiger partial charge in [-0.25, -0.2) is 22.5 Å². The maximum atomic E-state index is 15.7. The molecule has 5 aliphatic rings. The molecule has 14 heteroatoms. The number of morpholine rings is 2. The van der Waals surface area contributed by atoms with Crippen LogP contribution in [0.15, 0.2) is 116 Å². The van der Waals surface area contributed by atoms with Crippen molar-refractivity contribution in [2.24, 2.45) is 0 Å². The van der Waals surface area contributed by atoms with E-state index in [1.165, 1.54) is 17.7 Å². The zero-order chi connectivity index (χ0) is 53.5. The molecule has 8 aromatic rings. The summed E-state index contributed by atoms with van der Waals surface area (Å²) in [5.41, 5.74) is 13.2. The number of ether oxygens (including phenoxy) is 2. The second kappa shape index (κ2) is 19.2. The van der Waals surface area contributed by atoms with Crippen LogP contribution in [0.5, 0.6) is 0 Å². The van der Waals surface area contributed by atoms with Crippen molar-refractivity contribution in [1.82, 2.24) is 19.9 Å². The molecule has 0 N–H and O–H groups in total. The van der Waals surface area contributed by atoms with Crippen LogP contribution >= 0.6 is 0 Å². The van der Waals surface area contributed by atoms with Crippen LogP contribution in [0.3, 0.4) is 0 Å². The third-order valence-corrected chi connectivity index (χ3v) is 16.3. The van der Waals surface area contributed by atoms with Crippen LogP contribution in [0.4, 0.5) is 51.7 Å². The van der Waals surface area contributed by atoms with Crippen molar-refractivity contribution >= 4 is 61.5 Å². The minimum absolute atomic E-state index is 0.247. The van der Waals surface area contributed by atoms with Crippen molar-refractivity contribution in [2.45, 2.75) is 70.6 Å². The minimum atomic E-state index is -0.660. The molecular weight excluding hydrogens is 977 g/mol. The molecule has 4 aliphatic heterocycles. The second-order valence-corrected chi connectivity index (χ2v) is 22.5. The number of hydrogen-bond donors (Lipinski definition) is 0. The van der Waals surface area contributed by atoms with E-state index in [2.05, 4.69) is 78.1 Å². The lowest BCUT2D eigenvalue weighted by molar-refractivity contribution is 0.122. The predicted octanol–water partition coefficient (Wildman–Crippen LogP) is 13.1. The molecule has 3 fully saturated rings. The van der Waals surface area contributed by atoms with Gasteiger partial charge in [-0.2, -0.15) is 0 Å². The molecule has 2 saturated heterocycles. The summed E-state index contributed by atoms with van der Waals surface area (Å²) in [4.78, 5) is 28.5. The van der Waals surface area contributed by atoms with Crippen molar-refractivity contribution < 1.29 is 27.0 Å². The number of rotatable bonds is 8. The lowest BCUT2D eigenvalue weighted by Crippen LogP contribution is -2.36. The molecule has 13 rings (SSSR count). The SMILES string of the molecule is C=C(c1ccccc1)c1nc2cc(F)cc(F)c2c(N2CC(C)(C)c3ncc(N4CCOCC4)cc32)c1C.Cc1c(C2(c3ccccc3)CC2)nc2cc(F)cc(F)c2c1N1CC(C)(C)c2ncc(N3CCOCC3)cc21. The monoisotopic (exact) mass is 1040 g/mol. The highest BCUT2D eigenvalue weighted by Gasteiger charge is 2.50. The van der Waals surface area contributed by atoms with E-state index in [1.54, 1.807) is 0 Å². The molecular formula is C63H62F4N8O2. The third kappa shape index (κ3) is 8.83. The largest absolute Gasteiger partial charge is 0.378 e. The number of fused-ring (bicyclic) bond motifs is 4. The van der Waals surface area contributed by atoms with Crippen molar-refractivity contribution in [3.63, 3.8) is 0 Å². The fraction of sp³-hybridized carbons (Fsp3) is 0.333. The highest BCUT2D eigenvalue weighted by molar-refractivity contribution is 6.01. The lowest BCUT2D eigenvalue weighted by atomic mass is 9.87. The first-order valence-electron chi connectivity index (χ1n) is 26.6. The van der Waals surface area contributed by atoms with Gasteiger partial charge in [0.1, 0.15) is 23.3 Å². The number of benzene rings is 4. The molecule has 77 heavy (non-hydrogen) atoms. The highest BCUT2D eigenvalue weighted by Crippen LogP contribution is 2.57. The van der Waals surface area contributed by atoms with Gasteiger partial charge < -0.3 is 29.1 Å². The molecule has 4 aromatic heterocycles. The predicted molar refractivity (Wildman–Crippen MR) is 298 cm³/mol. The fourth-order valence-electron chi connectivity index (χ4n) is 12.4. The van der Waals surface area contributed by atoms with Crippen LogP contribution in [0, 0.1) is 37.1 Å². The van der Waals surface area contributed by atoms with Gasteiger partial charge in [-0.3, -0.25) is 15.0 Å². The van der Waals surface area contributed by atoms with Gasteiger partial charge in [-0.05, 0) is 61.1 Å². The quantitative estimate of drug-likeness (QED) is 0.137. The van der Waals surface area contributed by atoms with Gasteiger partial charge in [0.05, 0.1) is 118 Å². The van der Waals surface area contributed by atoms with E-state index in [-0.39, 0.29) is 21.8 Å². The molecule has 1 saturated carbocycles. The number of aromatic nitrogens is 4. The van der Waals surface area contributed by atoms with Crippen LogP contribution in [0.25, 0.3) is 27.4 Å². The molecule has 0 bridgehead atoms. The van der Waals surface area contributed by atoms with E-state index in [1.807, 2.05) is 74.8 Å². The normalized spacial score (nSPS) is 18.1. The molecule has 1 aliphatic carbocycles. The van der Waals surface area contributed by atoms with E-state index in [9.17, 15) is 8.78 Å². The van der Waals surface area contributed by atoms with E-state index >= 15 is 8.78 Å². The van der Waals surface area contributed by atoms with E-state index in [0.29, 0.717) is 72.8 Å². The Morgan fingerprint density at radius 1 is 0.558 bits per heavy atom. The van der Waals surface area contributed by atoms with Gasteiger partial charge in [0.25, 0.3) is 0 Å². The Morgan fingerprint density at radius 2 is 1.01 bits per heavy atom. The van der Waals surface area contributed by atoms with Gasteiger partial charge in [0, 0.05) is 85.4 Å². The molecule has 0 unspecified atom stereocenters. The number of anilines is 6. The summed E-state index contributed by atoms with van der Waals surface area (Å²) in [6.07, 6.45) is 5.78. The lowest BCUT2D eigenvalue weighted by Gasteiger charge is -2.30. The average molecular weight is 1040 g/mol. The Kier molecular flexibility index (Phi) is 12.6. The molecule has 8 heterocycles. The van der Waals surface area contributed by atoms with Crippen LogP contribution in [0.2, 0.25) is 0 Å². The van der Waals surface area contributed by atoms with Gasteiger partial charge in [-0.15, -0.1) is 0 Å². The first kappa shape index (κ1) is 50.4. The molecule has 0 amide bonds. The first-order valence-corrected chi connectivity index (χ1v) is 26.6. The van der Waals surface area contributed by atoms with Gasteiger partial charge >= 0.3 is 0 Å². The van der Waals surface area contributed by atoms with Crippen molar-refractivity contribution in [3.8, 4) is 0 Å². The van der Waals surface area contributed by atoms with Crippen LogP contribution in [-0.4, -0.2) is 85.6 Å². The van der Waals surface area contributed by atoms with Crippen LogP contribution in [-0.2, 0) is 25.7 Å². The molecule has 0 spiro atoms. The summed E-state index contributed by atoms with van der Waals surface area (Å²) in [6.45, 7) is 24.1. The zero-order valence-electron chi connectivity index (χ0n) is 44.5. The van der Waals surface area contributed by atoms with Gasteiger partial charge in [0.15, 0.2) is 0 Å². The van der Waals surface area contributed by atoms with Crippen molar-refractivity contribution in [2.75, 3.05) is 85.3 Å². The third-order valence-electron chi connectivity index (χ3n) is 16.3. The Bertz CT molecular complexity index is 3630. The number of halogens is 4. The zero-order valence-corrected chi connectivity index (χ0v) is 44.5. The van der Waals surface area contributed by atoms with E-state index < -0.39 is 23.3 Å². The average Bonchev–Trinajstić information content (AvgIpc) is 4.31. The summed E-state index contributed by atoms with van der Waals surface area (Å²) >= 11 is 0. The molecule has 10 nitrogen and oxygen atoms in total. The second-order valence-electron chi connectivity index (χ2n) is 22.5. The number of hydrogen-bond acceptors (Lipinski definition) is 10. The Balaban J connectivity index is 0.000000155. The first-order chi connectivity index (χ1) is 37.0. The fourth-order valence-corrected chi connectivity index (χ4v) is 12.4. The topological polar surface area (TPSA) is 83.0 Å². The Hall–Kier alpha value is -7.42. The number of nitrogens with zero attached hydrogens (tertiary/aromatic N) is 8. The van der Waals surface area contributed by atoms with Gasteiger partial charge in [0.2, 0.25) is 0 Å². The van der Waals surface area contributed by atoms with E-state index in [4.69, 9.17) is 29.4 Å². The van der Waals surface area contributed by atoms with Crippen LogP contribution in [0.1, 0.15) is 85.6 Å². The van der Waals surface area contributed by atoms with E-state index in [0.717, 1.165) is 113 Å². The maximum Gasteiger partial charge on any atom is 0.137 e. The summed E-state index contributed by atoms with van der Waals surface area (Å²) in [5.74, 6) is -2.50. The number of pyridine rings is 4. The smallest absolute Gasteiger partial charge is 0.137 e. The minimum Gasteiger partial charge on any atom is -0.378 e. The van der Waals surface area contributed by atoms with Gasteiger partial charge in [-0.1, -0.05) is 94.9 Å². The standard InChI is InChI=1S/C32H32F2N4O.C31H30F2N4O/c1-20-28(38-19-31(2,3)30-26(38)17-23(18-35-30)37-11-13-39-14-12-37)27-24(34)15-22(33)16-25(27)36-29(20)32(9-10-32)21-7-5-4-6-8-21;1-19(21-8-6-5-7-9-21)28-20(2)29(27-24(33)14-22(32)15-25(27)35-28)37-18-31(3,4)30-26(37)16-23(17-34-30)36-10-12-38-13-11-36/h4-8,15-18H,9-14,19H2,1-3H3;5-9,14-17H,1,10-13,18H2,2-4H3. The summed E-state index contributed by atoms with van der Waals surface area (Å²) in [5, 5.41) is 0.663. The summed E-state index contributed by atoms with van der Waals surface area (Å²) in [7, 11) is 0. The summed E-state index contributed by atoms with van der Waals surface area (Å²) in [6, 6.07) is 29.0. The molecule has 0 radical (unpaired) electrons. The van der Waals surface area contributed by atoms with Crippen LogP contribution < -0.4 is 19.6 Å². The molecule has 394 valence electrons. The molecule has 4 aromatic carbocycles. The molecule has 0 atom stereocenters. The Morgan fingerprint density at radius 3 is 1.49 bits per heavy atom. The Labute approximate surface area is 447 Å². The van der Waals surface area contributed by atoms with Crippen molar-refractivity contribution in [3.05, 3.63) is 184 Å². The maximum absolute atomic E-state index is 15.7. The summed E-state index contributed by atoms with van der Waals surface area (Å²) < 4.78 is 71.4. The highest BCUT2D eigenvalue weighted by atomic mass is 19.1. The van der Waals surface area contributed by atoms with Crippen molar-refractivity contribution in [1.29, 1.82) is 0 Å².